The Hall–Kier alpha value is -4.15. The Balaban J connectivity index is 0.000000806. The molecule has 0 bridgehead atoms. The van der Waals surface area contributed by atoms with Crippen molar-refractivity contribution in [2.45, 2.75) is 12.8 Å². The van der Waals surface area contributed by atoms with Crippen molar-refractivity contribution in [2.24, 2.45) is 0 Å². The number of rotatable bonds is 6. The molecule has 148 valence electrons. The molecule has 0 aliphatic rings. The molecule has 2 aromatic heterocycles. The van der Waals surface area contributed by atoms with E-state index >= 15 is 0 Å². The summed E-state index contributed by atoms with van der Waals surface area (Å²) < 4.78 is 5.71. The third-order valence-corrected chi connectivity index (χ3v) is 4.39. The monoisotopic (exact) mass is 397 g/mol. The van der Waals surface area contributed by atoms with E-state index < -0.39 is 0 Å². The van der Waals surface area contributed by atoms with Crippen molar-refractivity contribution in [1.82, 2.24) is 15.2 Å². The molecular weight excluding hydrogens is 378 g/mol. The normalized spacial score (nSPS) is 9.87. The van der Waals surface area contributed by atoms with Gasteiger partial charge in [0.2, 0.25) is 5.89 Å². The maximum Gasteiger partial charge on any atom is 0.373 e. The van der Waals surface area contributed by atoms with Crippen molar-refractivity contribution >= 4 is 11.7 Å². The van der Waals surface area contributed by atoms with Gasteiger partial charge in [0.05, 0.1) is 0 Å². The highest BCUT2D eigenvalue weighted by Gasteiger charge is 2.12. The summed E-state index contributed by atoms with van der Waals surface area (Å²) in [6.45, 7) is 4.10. The van der Waals surface area contributed by atoms with Crippen LogP contribution in [0.25, 0.3) is 28.3 Å². The van der Waals surface area contributed by atoms with E-state index in [1.165, 1.54) is 16.7 Å². The Kier molecular flexibility index (Phi) is 7.14. The molecule has 0 amide bonds. The summed E-state index contributed by atoms with van der Waals surface area (Å²) in [5.41, 5.74) is 5.19. The van der Waals surface area contributed by atoms with Gasteiger partial charge < -0.3 is 4.42 Å². The van der Waals surface area contributed by atoms with Gasteiger partial charge in [-0.2, -0.15) is 9.59 Å². The van der Waals surface area contributed by atoms with Gasteiger partial charge in [-0.1, -0.05) is 67.2 Å². The second-order valence-corrected chi connectivity index (χ2v) is 6.38. The number of benzene rings is 2. The summed E-state index contributed by atoms with van der Waals surface area (Å²) >= 11 is 0. The van der Waals surface area contributed by atoms with Crippen LogP contribution < -0.4 is 0 Å². The van der Waals surface area contributed by atoms with Gasteiger partial charge in [-0.05, 0) is 41.7 Å². The molecule has 30 heavy (non-hydrogen) atoms. The number of hydrogen-bond acceptors (Lipinski definition) is 6. The quantitative estimate of drug-likeness (QED) is 0.462. The molecule has 4 rings (SSSR count). The second-order valence-electron chi connectivity index (χ2n) is 6.38. The van der Waals surface area contributed by atoms with Crippen molar-refractivity contribution in [3.63, 3.8) is 0 Å². The van der Waals surface area contributed by atoms with Crippen molar-refractivity contribution in [3.05, 3.63) is 97.0 Å². The summed E-state index contributed by atoms with van der Waals surface area (Å²) in [4.78, 5) is 20.5. The molecule has 0 N–H and O–H groups in total. The number of nitrogens with zero attached hydrogens (tertiary/aromatic N) is 3. The van der Waals surface area contributed by atoms with E-state index in [4.69, 9.17) is 14.0 Å². The fourth-order valence-electron chi connectivity index (χ4n) is 2.86. The number of carbonyl (C=O) groups excluding carboxylic acids is 2. The van der Waals surface area contributed by atoms with Gasteiger partial charge >= 0.3 is 6.15 Å². The van der Waals surface area contributed by atoms with E-state index in [0.717, 1.165) is 18.4 Å². The molecule has 0 aliphatic heterocycles. The second kappa shape index (κ2) is 10.4. The lowest BCUT2D eigenvalue weighted by atomic mass is 10.0. The maximum atomic E-state index is 8.12. The standard InChI is InChI=1S/C23H19N3O.CO2/c1-17(22-25-26-23(27-22)21-9-5-6-16-24-21)10-11-18-12-14-20(15-13-18)19-7-3-2-4-8-19;2-1-3/h2-9,12-16H,1,10-11H2;. The molecule has 2 heterocycles. The van der Waals surface area contributed by atoms with Crippen molar-refractivity contribution in [3.8, 4) is 22.7 Å². The molecule has 0 saturated heterocycles. The molecule has 0 saturated carbocycles. The highest BCUT2D eigenvalue weighted by Crippen LogP contribution is 2.23. The molecular formula is C24H19N3O3. The molecule has 2 aromatic carbocycles. The van der Waals surface area contributed by atoms with E-state index in [-0.39, 0.29) is 6.15 Å². The molecule has 0 spiro atoms. The van der Waals surface area contributed by atoms with Gasteiger partial charge in [-0.15, -0.1) is 10.2 Å². The SMILES string of the molecule is C=C(CCc1ccc(-c2ccccc2)cc1)c1nnc(-c2ccccn2)o1.O=C=O. The van der Waals surface area contributed by atoms with Crippen molar-refractivity contribution in [2.75, 3.05) is 0 Å². The van der Waals surface area contributed by atoms with Crippen LogP contribution in [-0.4, -0.2) is 21.3 Å². The maximum absolute atomic E-state index is 8.12. The van der Waals surface area contributed by atoms with Crippen LogP contribution in [0, 0.1) is 0 Å². The van der Waals surface area contributed by atoms with E-state index in [1.54, 1.807) is 6.20 Å². The number of pyridine rings is 1. The number of hydrogen-bond donors (Lipinski definition) is 0. The molecule has 0 radical (unpaired) electrons. The summed E-state index contributed by atoms with van der Waals surface area (Å²) in [5, 5.41) is 8.17. The van der Waals surface area contributed by atoms with E-state index in [9.17, 15) is 0 Å². The van der Waals surface area contributed by atoms with Crippen LogP contribution in [0.3, 0.4) is 0 Å². The number of allylic oxidation sites excluding steroid dienone is 1. The first-order valence-corrected chi connectivity index (χ1v) is 9.28. The van der Waals surface area contributed by atoms with Crippen molar-refractivity contribution < 1.29 is 14.0 Å². The topological polar surface area (TPSA) is 85.9 Å². The molecule has 6 heteroatoms. The smallest absolute Gasteiger partial charge is 0.373 e. The minimum Gasteiger partial charge on any atom is -0.415 e. The first kappa shape index (κ1) is 20.6. The molecule has 4 aromatic rings. The first-order chi connectivity index (χ1) is 14.7. The van der Waals surface area contributed by atoms with Crippen LogP contribution >= 0.6 is 0 Å². The summed E-state index contributed by atoms with van der Waals surface area (Å²) in [6, 6.07) is 24.6. The Labute approximate surface area is 173 Å². The Bertz CT molecular complexity index is 1120. The van der Waals surface area contributed by atoms with E-state index in [0.29, 0.717) is 17.5 Å². The average Bonchev–Trinajstić information content (AvgIpc) is 3.30. The molecule has 0 unspecified atom stereocenters. The zero-order valence-corrected chi connectivity index (χ0v) is 16.2. The molecule has 0 aliphatic carbocycles. The zero-order chi connectivity index (χ0) is 21.2. The Morgan fingerprint density at radius 3 is 2.20 bits per heavy atom. The van der Waals surface area contributed by atoms with Gasteiger partial charge in [0, 0.05) is 11.8 Å². The first-order valence-electron chi connectivity index (χ1n) is 9.28. The fraction of sp³-hybridized carbons (Fsp3) is 0.0833. The van der Waals surface area contributed by atoms with Gasteiger partial charge in [0.25, 0.3) is 5.89 Å². The van der Waals surface area contributed by atoms with Crippen LogP contribution in [0.15, 0.2) is 90.0 Å². The lowest BCUT2D eigenvalue weighted by molar-refractivity contribution is -0.191. The van der Waals surface area contributed by atoms with Crippen LogP contribution in [0.4, 0.5) is 0 Å². The largest absolute Gasteiger partial charge is 0.415 e. The van der Waals surface area contributed by atoms with E-state index in [1.807, 2.05) is 24.3 Å². The van der Waals surface area contributed by atoms with Crippen LogP contribution in [0.5, 0.6) is 0 Å². The lowest BCUT2D eigenvalue weighted by Crippen LogP contribution is -1.89. The zero-order valence-electron chi connectivity index (χ0n) is 16.2. The highest BCUT2D eigenvalue weighted by atomic mass is 16.4. The predicted octanol–water partition coefficient (Wildman–Crippen LogP) is 4.86. The van der Waals surface area contributed by atoms with Gasteiger partial charge in [-0.25, -0.2) is 0 Å². The molecule has 0 atom stereocenters. The summed E-state index contributed by atoms with van der Waals surface area (Å²) in [5.74, 6) is 0.885. The highest BCUT2D eigenvalue weighted by molar-refractivity contribution is 5.63. The third kappa shape index (κ3) is 5.44. The van der Waals surface area contributed by atoms with Gasteiger partial charge in [0.15, 0.2) is 0 Å². The van der Waals surface area contributed by atoms with Gasteiger partial charge in [0.1, 0.15) is 5.69 Å². The van der Waals surface area contributed by atoms with Crippen LogP contribution in [-0.2, 0) is 16.0 Å². The summed E-state index contributed by atoms with van der Waals surface area (Å²) in [6.07, 6.45) is 3.58. The molecule has 0 fully saturated rings. The fourth-order valence-corrected chi connectivity index (χ4v) is 2.86. The van der Waals surface area contributed by atoms with Crippen molar-refractivity contribution in [1.29, 1.82) is 0 Å². The molecule has 6 nitrogen and oxygen atoms in total. The Morgan fingerprint density at radius 2 is 1.53 bits per heavy atom. The average molecular weight is 397 g/mol. The van der Waals surface area contributed by atoms with Crippen LogP contribution in [0.2, 0.25) is 0 Å². The predicted molar refractivity (Wildman–Crippen MR) is 112 cm³/mol. The number of aromatic nitrogens is 3. The van der Waals surface area contributed by atoms with Gasteiger partial charge in [-0.3, -0.25) is 4.98 Å². The number of aryl methyl sites for hydroxylation is 1. The van der Waals surface area contributed by atoms with Crippen LogP contribution in [0.1, 0.15) is 17.9 Å². The third-order valence-electron chi connectivity index (χ3n) is 4.39. The lowest BCUT2D eigenvalue weighted by Gasteiger charge is -2.05. The van der Waals surface area contributed by atoms with E-state index in [2.05, 4.69) is 70.3 Å². The Morgan fingerprint density at radius 1 is 0.867 bits per heavy atom. The minimum absolute atomic E-state index is 0.250. The summed E-state index contributed by atoms with van der Waals surface area (Å²) in [7, 11) is 0. The minimum atomic E-state index is 0.250.